The summed E-state index contributed by atoms with van der Waals surface area (Å²) in [4.78, 5) is 14.8. The summed E-state index contributed by atoms with van der Waals surface area (Å²) >= 11 is 0. The van der Waals surface area contributed by atoms with Crippen molar-refractivity contribution >= 4 is 23.2 Å². The van der Waals surface area contributed by atoms with Crippen LogP contribution < -0.4 is 16.0 Å². The number of fused-ring (bicyclic) bond motifs is 1. The van der Waals surface area contributed by atoms with E-state index < -0.39 is 23.1 Å². The number of hydrogen-bond acceptors (Lipinski definition) is 3. The number of benzene rings is 2. The van der Waals surface area contributed by atoms with E-state index in [1.807, 2.05) is 0 Å². The van der Waals surface area contributed by atoms with Crippen LogP contribution in [0.4, 0.5) is 17.6 Å². The fraction of sp³-hybridized carbons (Fsp3) is 0.167. The predicted octanol–water partition coefficient (Wildman–Crippen LogP) is 4.11. The summed E-state index contributed by atoms with van der Waals surface area (Å²) in [5.74, 6) is -0.469. The number of nitrogens with one attached hydrogen (secondary N) is 1. The molecule has 4 nitrogen and oxygen atoms in total. The molecule has 1 aromatic heterocycles. The predicted molar refractivity (Wildman–Crippen MR) is 96.8 cm³/mol. The van der Waals surface area contributed by atoms with Gasteiger partial charge in [0, 0.05) is 17.5 Å². The maximum absolute atomic E-state index is 13.5. The van der Waals surface area contributed by atoms with Crippen molar-refractivity contribution < 1.29 is 22.3 Å². The van der Waals surface area contributed by atoms with Gasteiger partial charge in [-0.1, -0.05) is 12.1 Å². The molecule has 0 aliphatic rings. The zero-order valence-corrected chi connectivity index (χ0v) is 14.6. The van der Waals surface area contributed by atoms with Crippen molar-refractivity contribution in [3.63, 3.8) is 0 Å². The number of hydrogen-bond donors (Lipinski definition) is 2. The Hall–Kier alpha value is -2.58. The summed E-state index contributed by atoms with van der Waals surface area (Å²) in [7, 11) is 0. The molecule has 2 aromatic carbocycles. The van der Waals surface area contributed by atoms with Gasteiger partial charge in [-0.3, -0.25) is 4.79 Å². The number of H-pyrrole nitrogens is 1. The molecule has 0 radical (unpaired) electrons. The summed E-state index contributed by atoms with van der Waals surface area (Å²) in [6, 6.07) is 8.03. The first kappa shape index (κ1) is 20.7. The minimum atomic E-state index is -4.53. The maximum Gasteiger partial charge on any atom is 0.416 e. The number of aromatic nitrogens is 1. The van der Waals surface area contributed by atoms with Crippen LogP contribution in [-0.4, -0.2) is 18.1 Å². The van der Waals surface area contributed by atoms with Crippen molar-refractivity contribution in [2.45, 2.75) is 6.18 Å². The molecular weight excluding hydrogens is 388 g/mol. The van der Waals surface area contributed by atoms with Crippen LogP contribution in [0.15, 0.2) is 47.3 Å². The van der Waals surface area contributed by atoms with Gasteiger partial charge in [0.1, 0.15) is 12.4 Å². The lowest BCUT2D eigenvalue weighted by molar-refractivity contribution is -0.137. The lowest BCUT2D eigenvalue weighted by atomic mass is 10.0. The third-order valence-electron chi connectivity index (χ3n) is 3.78. The number of alkyl halides is 3. The van der Waals surface area contributed by atoms with Crippen LogP contribution in [0.25, 0.3) is 22.0 Å². The fourth-order valence-corrected chi connectivity index (χ4v) is 2.64. The van der Waals surface area contributed by atoms with Crippen molar-refractivity contribution in [1.82, 2.24) is 4.98 Å². The third-order valence-corrected chi connectivity index (χ3v) is 3.78. The molecule has 27 heavy (non-hydrogen) atoms. The smallest absolute Gasteiger partial charge is 0.416 e. The van der Waals surface area contributed by atoms with Crippen molar-refractivity contribution in [2.75, 3.05) is 13.2 Å². The van der Waals surface area contributed by atoms with Crippen LogP contribution >= 0.6 is 12.4 Å². The molecule has 0 atom stereocenters. The summed E-state index contributed by atoms with van der Waals surface area (Å²) in [5.41, 5.74) is 4.14. The van der Waals surface area contributed by atoms with Crippen molar-refractivity contribution in [3.8, 4) is 17.0 Å². The average molecular weight is 403 g/mol. The molecule has 0 aliphatic heterocycles. The van der Waals surface area contributed by atoms with Crippen molar-refractivity contribution in [1.29, 1.82) is 0 Å². The largest absolute Gasteiger partial charge is 0.489 e. The Labute approximate surface area is 157 Å². The van der Waals surface area contributed by atoms with E-state index in [2.05, 4.69) is 4.98 Å². The Bertz CT molecular complexity index is 1020. The molecule has 0 amide bonds. The summed E-state index contributed by atoms with van der Waals surface area (Å²) < 4.78 is 58.1. The number of aromatic amines is 1. The number of ether oxygens (including phenoxy) is 1. The van der Waals surface area contributed by atoms with Crippen LogP contribution in [0.1, 0.15) is 5.56 Å². The molecule has 0 saturated carbocycles. The minimum Gasteiger partial charge on any atom is -0.489 e. The van der Waals surface area contributed by atoms with Gasteiger partial charge in [-0.15, -0.1) is 12.4 Å². The number of nitrogens with two attached hydrogens (primary N) is 1. The van der Waals surface area contributed by atoms with E-state index in [0.717, 1.165) is 24.3 Å². The SMILES string of the molecule is Cl.NCCOc1c(-c2cccc(C(F)(F)F)c2)[nH]c(=O)c2cc(F)ccc12. The highest BCUT2D eigenvalue weighted by Crippen LogP contribution is 2.37. The van der Waals surface area contributed by atoms with E-state index in [9.17, 15) is 22.4 Å². The molecule has 1 heterocycles. The lowest BCUT2D eigenvalue weighted by Gasteiger charge is -2.15. The number of rotatable bonds is 4. The van der Waals surface area contributed by atoms with Gasteiger partial charge in [0.05, 0.1) is 16.6 Å². The van der Waals surface area contributed by atoms with Crippen LogP contribution in [0.2, 0.25) is 0 Å². The van der Waals surface area contributed by atoms with Crippen LogP contribution in [-0.2, 0) is 6.18 Å². The zero-order chi connectivity index (χ0) is 18.9. The molecule has 3 rings (SSSR count). The van der Waals surface area contributed by atoms with E-state index in [1.54, 1.807) is 0 Å². The Balaban J connectivity index is 0.00000261. The molecule has 0 bridgehead atoms. The lowest BCUT2D eigenvalue weighted by Crippen LogP contribution is -2.15. The van der Waals surface area contributed by atoms with Gasteiger partial charge in [0.15, 0.2) is 5.75 Å². The van der Waals surface area contributed by atoms with Gasteiger partial charge in [0.2, 0.25) is 0 Å². The second-order valence-corrected chi connectivity index (χ2v) is 5.56. The first-order valence-corrected chi connectivity index (χ1v) is 7.67. The Morgan fingerprint density at radius 1 is 1.07 bits per heavy atom. The molecular formula is C18H15ClF4N2O2. The van der Waals surface area contributed by atoms with Crippen LogP contribution in [0.3, 0.4) is 0 Å². The van der Waals surface area contributed by atoms with E-state index in [0.29, 0.717) is 0 Å². The second-order valence-electron chi connectivity index (χ2n) is 5.56. The molecule has 3 aromatic rings. The molecule has 0 fully saturated rings. The molecule has 0 aliphatic carbocycles. The van der Waals surface area contributed by atoms with Crippen molar-refractivity contribution in [2.24, 2.45) is 5.73 Å². The molecule has 144 valence electrons. The van der Waals surface area contributed by atoms with Gasteiger partial charge in [-0.25, -0.2) is 4.39 Å². The van der Waals surface area contributed by atoms with Gasteiger partial charge in [0.25, 0.3) is 5.56 Å². The summed E-state index contributed by atoms with van der Waals surface area (Å²) in [6.45, 7) is 0.230. The van der Waals surface area contributed by atoms with E-state index in [-0.39, 0.29) is 53.3 Å². The highest BCUT2D eigenvalue weighted by atomic mass is 35.5. The van der Waals surface area contributed by atoms with Gasteiger partial charge < -0.3 is 15.5 Å². The molecule has 0 unspecified atom stereocenters. The quantitative estimate of drug-likeness (QED) is 0.645. The average Bonchev–Trinajstić information content (AvgIpc) is 2.60. The maximum atomic E-state index is 13.5. The first-order chi connectivity index (χ1) is 12.3. The van der Waals surface area contributed by atoms with E-state index in [1.165, 1.54) is 18.2 Å². The minimum absolute atomic E-state index is 0. The van der Waals surface area contributed by atoms with Gasteiger partial charge >= 0.3 is 6.18 Å². The third kappa shape index (κ3) is 4.23. The molecule has 3 N–H and O–H groups in total. The highest BCUT2D eigenvalue weighted by molar-refractivity contribution is 5.93. The second kappa shape index (κ2) is 7.98. The zero-order valence-electron chi connectivity index (χ0n) is 13.8. The van der Waals surface area contributed by atoms with Gasteiger partial charge in [-0.2, -0.15) is 13.2 Å². The van der Waals surface area contributed by atoms with E-state index in [4.69, 9.17) is 10.5 Å². The molecule has 0 saturated heterocycles. The van der Waals surface area contributed by atoms with Crippen LogP contribution in [0, 0.1) is 5.82 Å². The molecule has 0 spiro atoms. The summed E-state index contributed by atoms with van der Waals surface area (Å²) in [6.07, 6.45) is -4.53. The van der Waals surface area contributed by atoms with Gasteiger partial charge in [-0.05, 0) is 30.3 Å². The Morgan fingerprint density at radius 2 is 1.81 bits per heavy atom. The van der Waals surface area contributed by atoms with E-state index >= 15 is 0 Å². The summed E-state index contributed by atoms with van der Waals surface area (Å²) in [5, 5.41) is 0.323. The standard InChI is InChI=1S/C18H14F4N2O2.ClH/c19-12-4-5-13-14(9-12)17(25)24-15(16(13)26-7-6-23)10-2-1-3-11(8-10)18(20,21)22;/h1-5,8-9H,6-7,23H2,(H,24,25);1H. The fourth-order valence-electron chi connectivity index (χ4n) is 2.64. The van der Waals surface area contributed by atoms with Crippen LogP contribution in [0.5, 0.6) is 5.75 Å². The molecule has 9 heteroatoms. The topological polar surface area (TPSA) is 68.1 Å². The Kier molecular flexibility index (Phi) is 6.12. The number of halogens is 5. The normalized spacial score (nSPS) is 11.3. The van der Waals surface area contributed by atoms with Crippen molar-refractivity contribution in [3.05, 3.63) is 64.2 Å². The Morgan fingerprint density at radius 3 is 2.48 bits per heavy atom. The first-order valence-electron chi connectivity index (χ1n) is 7.67. The number of pyridine rings is 1. The highest BCUT2D eigenvalue weighted by Gasteiger charge is 2.31. The monoisotopic (exact) mass is 402 g/mol.